The molecule has 0 aliphatic carbocycles. The van der Waals surface area contributed by atoms with E-state index in [9.17, 15) is 4.79 Å². The van der Waals surface area contributed by atoms with Gasteiger partial charge in [0.25, 0.3) is 0 Å². The molecule has 0 atom stereocenters. The van der Waals surface area contributed by atoms with Gasteiger partial charge in [-0.15, -0.1) is 11.3 Å². The molecule has 0 aliphatic rings. The zero-order valence-corrected chi connectivity index (χ0v) is 13.6. The number of thiazole rings is 1. The van der Waals surface area contributed by atoms with E-state index in [0.717, 1.165) is 11.3 Å². The van der Waals surface area contributed by atoms with Crippen LogP contribution in [0.3, 0.4) is 0 Å². The Kier molecular flexibility index (Phi) is 6.11. The molecule has 2 aromatic heterocycles. The van der Waals surface area contributed by atoms with Crippen molar-refractivity contribution in [3.05, 3.63) is 48.3 Å². The van der Waals surface area contributed by atoms with Crippen molar-refractivity contribution in [2.75, 3.05) is 11.1 Å². The summed E-state index contributed by atoms with van der Waals surface area (Å²) in [7, 11) is 0. The van der Waals surface area contributed by atoms with Crippen LogP contribution in [0.5, 0.6) is 0 Å². The van der Waals surface area contributed by atoms with Crippen molar-refractivity contribution >= 4 is 39.7 Å². The summed E-state index contributed by atoms with van der Waals surface area (Å²) in [5.41, 5.74) is 1.80. The second kappa shape index (κ2) is 8.30. The Bertz CT molecular complexity index is 688. The molecule has 0 spiro atoms. The zero-order chi connectivity index (χ0) is 15.8. The molecule has 0 aliphatic heterocycles. The van der Waals surface area contributed by atoms with Gasteiger partial charge in [-0.25, -0.2) is 9.97 Å². The van der Waals surface area contributed by atoms with Gasteiger partial charge < -0.3 is 5.32 Å². The van der Waals surface area contributed by atoms with Crippen LogP contribution >= 0.6 is 23.1 Å². The van der Waals surface area contributed by atoms with Crippen LogP contribution in [-0.4, -0.2) is 31.8 Å². The van der Waals surface area contributed by atoms with Crippen LogP contribution in [-0.2, 0) is 4.79 Å². The number of thioether (sulfide) groups is 1. The molecule has 0 bridgehead atoms. The smallest absolute Gasteiger partial charge is 0.236 e. The Hall–Kier alpha value is -2.19. The largest absolute Gasteiger partial charge is 0.301 e. The lowest BCUT2D eigenvalue weighted by molar-refractivity contribution is -0.113. The molecule has 0 aromatic carbocycles. The fraction of sp³-hybridized carbons (Fsp3) is 0.143. The number of amides is 1. The van der Waals surface area contributed by atoms with E-state index in [1.54, 1.807) is 6.08 Å². The first kappa shape index (κ1) is 16.2. The Morgan fingerprint density at radius 2 is 2.45 bits per heavy atom. The highest BCUT2D eigenvalue weighted by Gasteiger charge is 2.09. The second-order valence-electron chi connectivity index (χ2n) is 4.00. The lowest BCUT2D eigenvalue weighted by Gasteiger charge is -2.00. The van der Waals surface area contributed by atoms with E-state index in [1.165, 1.54) is 29.4 Å². The molecule has 0 saturated heterocycles. The monoisotopic (exact) mass is 333 g/mol. The fourth-order valence-corrected chi connectivity index (χ4v) is 2.83. The summed E-state index contributed by atoms with van der Waals surface area (Å²) in [5.74, 6) is 0.114. The molecule has 22 heavy (non-hydrogen) atoms. The number of allylic oxidation sites excluding steroid dienone is 5. The van der Waals surface area contributed by atoms with Crippen LogP contribution in [0, 0.1) is 0 Å². The van der Waals surface area contributed by atoms with Gasteiger partial charge in [-0.1, -0.05) is 42.6 Å². The minimum Gasteiger partial charge on any atom is -0.301 e. The van der Waals surface area contributed by atoms with Gasteiger partial charge in [0.05, 0.1) is 11.4 Å². The number of anilines is 1. The zero-order valence-electron chi connectivity index (χ0n) is 11.9. The molecular formula is C14H15N5OS2. The first-order valence-corrected chi connectivity index (χ1v) is 8.28. The van der Waals surface area contributed by atoms with Gasteiger partial charge in [0.2, 0.25) is 5.91 Å². The maximum atomic E-state index is 11.9. The first-order valence-electron chi connectivity index (χ1n) is 6.42. The summed E-state index contributed by atoms with van der Waals surface area (Å²) < 4.78 is 0. The summed E-state index contributed by atoms with van der Waals surface area (Å²) in [5, 5.41) is 12.3. The van der Waals surface area contributed by atoms with E-state index in [1.807, 2.05) is 30.5 Å². The molecule has 114 valence electrons. The lowest BCUT2D eigenvalue weighted by Crippen LogP contribution is -2.14. The van der Waals surface area contributed by atoms with Gasteiger partial charge in [-0.05, 0) is 12.5 Å². The van der Waals surface area contributed by atoms with Crippen molar-refractivity contribution < 1.29 is 4.79 Å². The minimum absolute atomic E-state index is 0.133. The van der Waals surface area contributed by atoms with Crippen LogP contribution in [0.1, 0.15) is 12.6 Å². The molecule has 1 amide bonds. The minimum atomic E-state index is -0.133. The number of nitrogens with one attached hydrogen (secondary N) is 2. The van der Waals surface area contributed by atoms with Gasteiger partial charge in [-0.3, -0.25) is 9.89 Å². The number of carbonyl (C=O) groups excluding carboxylic acids is 1. The van der Waals surface area contributed by atoms with E-state index in [2.05, 4.69) is 32.1 Å². The number of carbonyl (C=O) groups is 1. The van der Waals surface area contributed by atoms with Crippen molar-refractivity contribution in [3.8, 4) is 0 Å². The van der Waals surface area contributed by atoms with Crippen LogP contribution in [0.15, 0.2) is 47.7 Å². The summed E-state index contributed by atoms with van der Waals surface area (Å²) in [4.78, 5) is 20.2. The van der Waals surface area contributed by atoms with E-state index < -0.39 is 0 Å². The number of aromatic amines is 1. The summed E-state index contributed by atoms with van der Waals surface area (Å²) in [6, 6.07) is 0. The highest BCUT2D eigenvalue weighted by atomic mass is 32.2. The molecule has 2 N–H and O–H groups in total. The number of rotatable bonds is 7. The van der Waals surface area contributed by atoms with E-state index in [4.69, 9.17) is 0 Å². The molecular weight excluding hydrogens is 318 g/mol. The molecule has 2 rings (SSSR count). The molecule has 2 aromatic rings. The summed E-state index contributed by atoms with van der Waals surface area (Å²) in [6.45, 7) is 5.58. The molecule has 0 radical (unpaired) electrons. The average molecular weight is 333 g/mol. The number of nitrogens with zero attached hydrogens (tertiary/aromatic N) is 3. The fourth-order valence-electron chi connectivity index (χ4n) is 1.52. The normalized spacial score (nSPS) is 11.8. The average Bonchev–Trinajstić information content (AvgIpc) is 3.18. The first-order chi connectivity index (χ1) is 10.7. The number of hydrogen-bond acceptors (Lipinski definition) is 6. The topological polar surface area (TPSA) is 83.6 Å². The van der Waals surface area contributed by atoms with Crippen LogP contribution in [0.25, 0.3) is 5.57 Å². The van der Waals surface area contributed by atoms with E-state index >= 15 is 0 Å². The molecule has 2 heterocycles. The maximum absolute atomic E-state index is 11.9. The maximum Gasteiger partial charge on any atom is 0.236 e. The Morgan fingerprint density at radius 1 is 1.59 bits per heavy atom. The van der Waals surface area contributed by atoms with Crippen LogP contribution < -0.4 is 5.32 Å². The Balaban J connectivity index is 1.92. The molecule has 0 fully saturated rings. The van der Waals surface area contributed by atoms with E-state index in [0.29, 0.717) is 10.3 Å². The van der Waals surface area contributed by atoms with Gasteiger partial charge in [0, 0.05) is 5.38 Å². The summed E-state index contributed by atoms with van der Waals surface area (Å²) in [6.07, 6.45) is 8.84. The van der Waals surface area contributed by atoms with Crippen molar-refractivity contribution in [2.24, 2.45) is 0 Å². The van der Waals surface area contributed by atoms with Crippen molar-refractivity contribution in [1.82, 2.24) is 20.2 Å². The van der Waals surface area contributed by atoms with E-state index in [-0.39, 0.29) is 11.7 Å². The second-order valence-corrected chi connectivity index (χ2v) is 5.83. The molecule has 6 nitrogen and oxygen atoms in total. The summed E-state index contributed by atoms with van der Waals surface area (Å²) >= 11 is 2.67. The molecule has 0 saturated carbocycles. The van der Waals surface area contributed by atoms with Crippen molar-refractivity contribution in [1.29, 1.82) is 0 Å². The standard InChI is InChI=1S/C14H15N5OS2/c1-3-5-6-10(4-2)11-7-21-14(17-11)18-12(20)8-22-13-15-9-16-19-13/h3-7,9H,1,8H2,2H3,(H,15,16,19)(H,17,18,20)/b6-5+,10-4-. The molecule has 0 unspecified atom stereocenters. The van der Waals surface area contributed by atoms with Gasteiger partial charge in [-0.2, -0.15) is 5.10 Å². The quantitative estimate of drug-likeness (QED) is 0.601. The number of H-pyrrole nitrogens is 1. The van der Waals surface area contributed by atoms with Crippen LogP contribution in [0.4, 0.5) is 5.13 Å². The van der Waals surface area contributed by atoms with Crippen molar-refractivity contribution in [2.45, 2.75) is 12.1 Å². The van der Waals surface area contributed by atoms with Gasteiger partial charge in [0.15, 0.2) is 10.3 Å². The number of hydrogen-bond donors (Lipinski definition) is 2. The molecule has 8 heteroatoms. The third kappa shape index (κ3) is 4.68. The number of aromatic nitrogens is 4. The Morgan fingerprint density at radius 3 is 3.14 bits per heavy atom. The highest BCUT2D eigenvalue weighted by molar-refractivity contribution is 7.99. The third-order valence-corrected chi connectivity index (χ3v) is 4.14. The van der Waals surface area contributed by atoms with Crippen LogP contribution in [0.2, 0.25) is 0 Å². The van der Waals surface area contributed by atoms with Crippen molar-refractivity contribution in [3.63, 3.8) is 0 Å². The predicted octanol–water partition coefficient (Wildman–Crippen LogP) is 3.14. The Labute approximate surface area is 136 Å². The SMILES string of the molecule is C=C/C=C/C(=C/C)c1csc(NC(=O)CSc2ncn[nH]2)n1. The predicted molar refractivity (Wildman–Crippen MR) is 90.8 cm³/mol. The third-order valence-electron chi connectivity index (χ3n) is 2.50. The lowest BCUT2D eigenvalue weighted by atomic mass is 10.2. The van der Waals surface area contributed by atoms with Gasteiger partial charge in [0.1, 0.15) is 6.33 Å². The van der Waals surface area contributed by atoms with Gasteiger partial charge >= 0.3 is 0 Å². The highest BCUT2D eigenvalue weighted by Crippen LogP contribution is 2.23.